The molecule has 6 heterocycles. The zero-order valence-electron chi connectivity index (χ0n) is 44.7. The molecule has 0 unspecified atom stereocenters. The van der Waals surface area contributed by atoms with Gasteiger partial charge in [-0.3, -0.25) is 14.5 Å². The van der Waals surface area contributed by atoms with Crippen molar-refractivity contribution < 1.29 is 62.2 Å². The molecule has 0 aliphatic carbocycles. The van der Waals surface area contributed by atoms with Crippen molar-refractivity contribution in [2.75, 3.05) is 98.0 Å². The molecule has 2 atom stereocenters. The van der Waals surface area contributed by atoms with Crippen LogP contribution in [0.25, 0.3) is 0 Å². The van der Waals surface area contributed by atoms with E-state index in [1.165, 1.54) is 17.3 Å². The van der Waals surface area contributed by atoms with Gasteiger partial charge in [0.1, 0.15) is 27.3 Å². The number of carbonyl (C=O) groups is 1. The van der Waals surface area contributed by atoms with Crippen LogP contribution in [0.4, 0.5) is 53.9 Å². The number of carbonyl (C=O) groups excluding carboxylic acids is 1. The maximum Gasteiger partial charge on any atom is 0.410 e. The smallest absolute Gasteiger partial charge is 0.410 e. The molecule has 4 saturated heterocycles. The van der Waals surface area contributed by atoms with Gasteiger partial charge in [-0.2, -0.15) is 72.3 Å². The lowest BCUT2D eigenvalue weighted by atomic mass is 10.1. The third-order valence-electron chi connectivity index (χ3n) is 13.5. The van der Waals surface area contributed by atoms with Crippen molar-refractivity contribution in [1.82, 2.24) is 38.4 Å². The third-order valence-corrected chi connectivity index (χ3v) is 18.0. The number of piperidine rings is 2. The number of halogens is 8. The molecule has 4 aliphatic heterocycles. The second-order valence-electron chi connectivity index (χ2n) is 20.1. The molecule has 4 fully saturated rings. The summed E-state index contributed by atoms with van der Waals surface area (Å²) >= 11 is 12.7. The number of nitrogens with zero attached hydrogens (tertiary/aromatic N) is 11. The van der Waals surface area contributed by atoms with E-state index in [2.05, 4.69) is 26.1 Å². The molecule has 3 N–H and O–H groups in total. The molecular formula is C49H58Cl2F6N14O10S2. The van der Waals surface area contributed by atoms with Crippen LogP contribution in [0.5, 0.6) is 0 Å². The minimum atomic E-state index is -4.89. The first-order valence-electron chi connectivity index (χ1n) is 25.7. The molecule has 2 aromatic heterocycles. The summed E-state index contributed by atoms with van der Waals surface area (Å²) in [6.45, 7) is 0.554. The Hall–Kier alpha value is -6.49. The molecule has 83 heavy (non-hydrogen) atoms. The van der Waals surface area contributed by atoms with Gasteiger partial charge in [0.25, 0.3) is 11.1 Å². The van der Waals surface area contributed by atoms with Crippen LogP contribution >= 0.6 is 23.2 Å². The fourth-order valence-electron chi connectivity index (χ4n) is 9.31. The molecule has 2 aromatic carbocycles. The average molecular weight is 1250 g/mol. The number of alkyl halides is 4. The second kappa shape index (κ2) is 27.5. The maximum absolute atomic E-state index is 14.5. The molecular weight excluding hydrogens is 1190 g/mol. The number of nitrogens with one attached hydrogen (secondary N) is 3. The topological polar surface area (TPSA) is 283 Å². The lowest BCUT2D eigenvalue weighted by molar-refractivity contribution is -0.0291. The van der Waals surface area contributed by atoms with Crippen LogP contribution in [-0.2, 0) is 34.6 Å². The minimum absolute atomic E-state index is 0.0342. The van der Waals surface area contributed by atoms with E-state index < -0.39 is 97.5 Å². The summed E-state index contributed by atoms with van der Waals surface area (Å²) in [5, 5.41) is 35.3. The fraction of sp³-hybridized carbons (Fsp3) is 0.531. The summed E-state index contributed by atoms with van der Waals surface area (Å²) < 4.78 is 157. The van der Waals surface area contributed by atoms with Crippen molar-refractivity contribution >= 4 is 72.5 Å². The van der Waals surface area contributed by atoms with Crippen LogP contribution in [0.3, 0.4) is 0 Å². The van der Waals surface area contributed by atoms with Gasteiger partial charge in [0.2, 0.25) is 0 Å². The van der Waals surface area contributed by atoms with Gasteiger partial charge in [-0.05, 0) is 82.9 Å². The Balaban J connectivity index is 0.000000242. The Morgan fingerprint density at radius 1 is 0.747 bits per heavy atom. The Morgan fingerprint density at radius 3 is 1.59 bits per heavy atom. The molecule has 4 aromatic rings. The van der Waals surface area contributed by atoms with Crippen LogP contribution < -0.4 is 35.7 Å². The molecule has 1 amide bonds. The monoisotopic (exact) mass is 1250 g/mol. The first kappa shape index (κ1) is 64.1. The first-order chi connectivity index (χ1) is 39.3. The van der Waals surface area contributed by atoms with Gasteiger partial charge in [0, 0.05) is 58.4 Å². The van der Waals surface area contributed by atoms with E-state index >= 15 is 0 Å². The largest absolute Gasteiger partial charge is 0.444 e. The maximum atomic E-state index is 14.5. The SMILES string of the molecule is CC(C)(C)OC(=O)N1CCOC[C@H]1CNc1cnn(C2CCN(S(=O)(=O)N(c3ccc(C#N)cc3F)C(F)F)CC2)c(=O)c1Cl.N#Cc1ccc(N(C(F)F)S(=O)(=O)N2CCC(n3ncc(NC[C@@H]4COCCN4)c(Cl)c3=O)CC2)c(F)c1. The molecule has 0 bridgehead atoms. The predicted octanol–water partition coefficient (Wildman–Crippen LogP) is 5.48. The van der Waals surface area contributed by atoms with E-state index in [1.807, 2.05) is 0 Å². The predicted molar refractivity (Wildman–Crippen MR) is 291 cm³/mol. The minimum Gasteiger partial charge on any atom is -0.444 e. The summed E-state index contributed by atoms with van der Waals surface area (Å²) in [5.41, 5.74) is -3.42. The van der Waals surface area contributed by atoms with Crippen molar-refractivity contribution in [3.63, 3.8) is 0 Å². The highest BCUT2D eigenvalue weighted by atomic mass is 35.5. The van der Waals surface area contributed by atoms with Crippen LogP contribution in [-0.4, -0.2) is 166 Å². The molecule has 0 saturated carbocycles. The lowest BCUT2D eigenvalue weighted by Gasteiger charge is -2.36. The van der Waals surface area contributed by atoms with E-state index in [9.17, 15) is 57.6 Å². The van der Waals surface area contributed by atoms with Crippen LogP contribution in [0.15, 0.2) is 58.4 Å². The number of hydrogen-bond donors (Lipinski definition) is 3. The van der Waals surface area contributed by atoms with Crippen LogP contribution in [0.2, 0.25) is 10.0 Å². The van der Waals surface area contributed by atoms with Gasteiger partial charge in [-0.15, -0.1) is 0 Å². The van der Waals surface area contributed by atoms with Crippen LogP contribution in [0, 0.1) is 34.3 Å². The van der Waals surface area contributed by atoms with Gasteiger partial charge in [-0.25, -0.2) is 22.9 Å². The molecule has 0 radical (unpaired) electrons. The standard InChI is InChI=1S/C27H33ClF3N7O6S.C22H25ClF3N7O4S/c1-27(2,3)44-26(40)36-10-11-43-16-19(36)14-33-21-15-34-37(24(39)23(21)28)18-6-8-35(9-7-18)45(41,42)38(25(30)31)22-5-4-17(13-32)12-20(22)29;23-20-18(29-11-15-13-37-8-5-28-15)12-30-32(21(20)34)16-3-6-31(7-4-16)38(35,36)33(22(25)26)19-2-1-14(10-27)9-17(19)24/h4-5,12,15,18-19,25,33H,6-11,14,16H2,1-3H3;1-2,9,12,15-16,22,28-29H,3-8,11,13H2/t19-;15-/m11/s1. The number of benzene rings is 2. The average Bonchev–Trinajstić information content (AvgIpc) is 3.60. The molecule has 4 aliphatic rings. The Bertz CT molecular complexity index is 3410. The number of aromatic nitrogens is 4. The highest BCUT2D eigenvalue weighted by molar-refractivity contribution is 7.90. The Labute approximate surface area is 483 Å². The quantitative estimate of drug-likeness (QED) is 0.0924. The summed E-state index contributed by atoms with van der Waals surface area (Å²) in [4.78, 5) is 40.2. The zero-order chi connectivity index (χ0) is 60.6. The highest BCUT2D eigenvalue weighted by Gasteiger charge is 2.42. The summed E-state index contributed by atoms with van der Waals surface area (Å²) in [7, 11) is -9.72. The Morgan fingerprint density at radius 2 is 1.19 bits per heavy atom. The highest BCUT2D eigenvalue weighted by Crippen LogP contribution is 2.34. The number of ether oxygens (including phenoxy) is 3. The van der Waals surface area contributed by atoms with E-state index in [0.717, 1.165) is 42.2 Å². The van der Waals surface area contributed by atoms with Gasteiger partial charge < -0.3 is 30.2 Å². The second-order valence-corrected chi connectivity index (χ2v) is 24.5. The van der Waals surface area contributed by atoms with Crippen molar-refractivity contribution in [2.45, 2.75) is 89.3 Å². The number of nitriles is 2. The van der Waals surface area contributed by atoms with Crippen LogP contribution in [0.1, 0.15) is 69.7 Å². The first-order valence-corrected chi connectivity index (χ1v) is 29.3. The van der Waals surface area contributed by atoms with Crippen molar-refractivity contribution in [3.8, 4) is 12.1 Å². The normalized spacial score (nSPS) is 18.9. The third kappa shape index (κ3) is 15.3. The summed E-state index contributed by atoms with van der Waals surface area (Å²) in [5.74, 6) is -2.56. The molecule has 0 spiro atoms. The number of hydrogen-bond acceptors (Lipinski definition) is 17. The van der Waals surface area contributed by atoms with Gasteiger partial charge in [0.15, 0.2) is 0 Å². The molecule has 452 valence electrons. The van der Waals surface area contributed by atoms with E-state index in [4.69, 9.17) is 47.9 Å². The molecule has 8 rings (SSSR count). The number of morpholine rings is 2. The van der Waals surface area contributed by atoms with E-state index in [0.29, 0.717) is 57.3 Å². The lowest BCUT2D eigenvalue weighted by Crippen LogP contribution is -2.53. The summed E-state index contributed by atoms with van der Waals surface area (Å²) in [6.07, 6.45) is 2.49. The van der Waals surface area contributed by atoms with E-state index in [-0.39, 0.29) is 107 Å². The van der Waals surface area contributed by atoms with Gasteiger partial charge in [0.05, 0.1) is 103 Å². The van der Waals surface area contributed by atoms with E-state index in [1.54, 1.807) is 32.9 Å². The number of anilines is 4. The fourth-order valence-corrected chi connectivity index (χ4v) is 12.7. The summed E-state index contributed by atoms with van der Waals surface area (Å²) in [6, 6.07) is 6.89. The number of amides is 1. The zero-order valence-corrected chi connectivity index (χ0v) is 47.9. The van der Waals surface area contributed by atoms with Crippen molar-refractivity contribution in [1.29, 1.82) is 10.5 Å². The number of rotatable bonds is 16. The Kier molecular flexibility index (Phi) is 21.2. The van der Waals surface area contributed by atoms with Crippen molar-refractivity contribution in [3.05, 3.63) is 102 Å². The van der Waals surface area contributed by atoms with Gasteiger partial charge in [-0.1, -0.05) is 23.2 Å². The molecule has 34 heteroatoms. The van der Waals surface area contributed by atoms with Gasteiger partial charge >= 0.3 is 39.6 Å². The van der Waals surface area contributed by atoms with Crippen molar-refractivity contribution in [2.24, 2.45) is 0 Å². The molecule has 24 nitrogen and oxygen atoms in total.